The van der Waals surface area contributed by atoms with Crippen LogP contribution in [-0.4, -0.2) is 33.4 Å². The summed E-state index contributed by atoms with van der Waals surface area (Å²) in [5.74, 6) is -0.431. The van der Waals surface area contributed by atoms with E-state index >= 15 is 0 Å². The first-order valence-corrected chi connectivity index (χ1v) is 7.88. The first kappa shape index (κ1) is 17.5. The number of aliphatic hydroxyl groups excluding tert-OH is 1. The Kier molecular flexibility index (Phi) is 5.08. The Morgan fingerprint density at radius 1 is 1.20 bits per heavy atom. The number of rotatable bonds is 5. The molecular formula is C16H12Cl2FN3O3. The van der Waals surface area contributed by atoms with Gasteiger partial charge in [0.05, 0.1) is 27.9 Å². The van der Waals surface area contributed by atoms with Crippen molar-refractivity contribution >= 4 is 45.6 Å². The Morgan fingerprint density at radius 3 is 2.76 bits per heavy atom. The van der Waals surface area contributed by atoms with E-state index in [2.05, 4.69) is 15.3 Å². The van der Waals surface area contributed by atoms with E-state index in [1.807, 2.05) is 0 Å². The van der Waals surface area contributed by atoms with Crippen molar-refractivity contribution in [3.63, 3.8) is 0 Å². The molecule has 1 heterocycles. The molecule has 3 rings (SSSR count). The van der Waals surface area contributed by atoms with Crippen LogP contribution in [0, 0.1) is 5.82 Å². The molecule has 0 saturated carbocycles. The van der Waals surface area contributed by atoms with Crippen LogP contribution in [-0.2, 0) is 0 Å². The minimum Gasteiger partial charge on any atom is -0.504 e. The Hall–Kier alpha value is -2.35. The van der Waals surface area contributed by atoms with Crippen molar-refractivity contribution in [3.8, 4) is 11.5 Å². The average Bonchev–Trinajstić information content (AvgIpc) is 2.61. The molecule has 0 atom stereocenters. The van der Waals surface area contributed by atoms with Crippen molar-refractivity contribution in [2.75, 3.05) is 18.5 Å². The maximum absolute atomic E-state index is 14.2. The molecule has 0 aliphatic rings. The van der Waals surface area contributed by atoms with Gasteiger partial charge in [-0.25, -0.2) is 14.4 Å². The van der Waals surface area contributed by atoms with E-state index in [4.69, 9.17) is 33.0 Å². The molecule has 0 bridgehead atoms. The number of halogens is 3. The van der Waals surface area contributed by atoms with Crippen molar-refractivity contribution < 1.29 is 19.3 Å². The molecule has 2 aromatic carbocycles. The minimum absolute atomic E-state index is 0.0315. The molecule has 0 amide bonds. The second-order valence-electron chi connectivity index (χ2n) is 4.98. The van der Waals surface area contributed by atoms with Gasteiger partial charge in [-0.3, -0.25) is 0 Å². The van der Waals surface area contributed by atoms with Gasteiger partial charge in [0.25, 0.3) is 0 Å². The van der Waals surface area contributed by atoms with Gasteiger partial charge in [-0.2, -0.15) is 0 Å². The standard InChI is InChI=1S/C16H12Cl2FN3O3/c17-9-1-2-10(15(19)14(9)18)22-16-8-5-12(24)13(25-4-3-23)6-11(8)20-7-21-16/h1-2,5-7,23-24H,3-4H2,(H,20,21,22). The summed E-state index contributed by atoms with van der Waals surface area (Å²) < 4.78 is 19.4. The monoisotopic (exact) mass is 383 g/mol. The molecule has 0 fully saturated rings. The normalized spacial score (nSPS) is 10.9. The van der Waals surface area contributed by atoms with Crippen LogP contribution in [0.1, 0.15) is 0 Å². The summed E-state index contributed by atoms with van der Waals surface area (Å²) in [6.07, 6.45) is 1.28. The number of nitrogens with one attached hydrogen (secondary N) is 1. The van der Waals surface area contributed by atoms with E-state index in [0.29, 0.717) is 10.9 Å². The average molecular weight is 384 g/mol. The first-order valence-electron chi connectivity index (χ1n) is 7.13. The van der Waals surface area contributed by atoms with Crippen LogP contribution in [0.4, 0.5) is 15.9 Å². The lowest BCUT2D eigenvalue weighted by Crippen LogP contribution is -2.02. The minimum atomic E-state index is -0.715. The number of aromatic hydroxyl groups is 1. The van der Waals surface area contributed by atoms with Gasteiger partial charge < -0.3 is 20.3 Å². The van der Waals surface area contributed by atoms with Gasteiger partial charge in [-0.15, -0.1) is 0 Å². The summed E-state index contributed by atoms with van der Waals surface area (Å²) >= 11 is 11.6. The van der Waals surface area contributed by atoms with Gasteiger partial charge in [0.2, 0.25) is 0 Å². The van der Waals surface area contributed by atoms with Gasteiger partial charge in [0.1, 0.15) is 18.8 Å². The van der Waals surface area contributed by atoms with E-state index in [0.717, 1.165) is 0 Å². The predicted octanol–water partition coefficient (Wildman–Crippen LogP) is 3.90. The Labute approximate surface area is 151 Å². The van der Waals surface area contributed by atoms with Crippen LogP contribution < -0.4 is 10.1 Å². The first-order chi connectivity index (χ1) is 12.0. The molecule has 25 heavy (non-hydrogen) atoms. The highest BCUT2D eigenvalue weighted by Crippen LogP contribution is 2.35. The number of fused-ring (bicyclic) bond motifs is 1. The molecule has 0 aliphatic carbocycles. The van der Waals surface area contributed by atoms with Crippen LogP contribution in [0.3, 0.4) is 0 Å². The van der Waals surface area contributed by atoms with E-state index in [9.17, 15) is 9.50 Å². The van der Waals surface area contributed by atoms with Crippen LogP contribution in [0.15, 0.2) is 30.6 Å². The van der Waals surface area contributed by atoms with Gasteiger partial charge >= 0.3 is 0 Å². The fourth-order valence-corrected chi connectivity index (χ4v) is 2.50. The van der Waals surface area contributed by atoms with Crippen LogP contribution in [0.25, 0.3) is 10.9 Å². The summed E-state index contributed by atoms with van der Waals surface area (Å²) in [4.78, 5) is 8.17. The summed E-state index contributed by atoms with van der Waals surface area (Å²) in [6, 6.07) is 5.77. The number of hydrogen-bond acceptors (Lipinski definition) is 6. The third-order valence-corrected chi connectivity index (χ3v) is 4.13. The molecular weight excluding hydrogens is 372 g/mol. The zero-order valence-electron chi connectivity index (χ0n) is 12.6. The van der Waals surface area contributed by atoms with Crippen molar-refractivity contribution in [2.24, 2.45) is 0 Å². The summed E-state index contributed by atoms with van der Waals surface area (Å²) in [6.45, 7) is -0.158. The molecule has 0 saturated heterocycles. The summed E-state index contributed by atoms with van der Waals surface area (Å²) in [5, 5.41) is 22.0. The van der Waals surface area contributed by atoms with Gasteiger partial charge in [-0.05, 0) is 18.2 Å². The molecule has 0 unspecified atom stereocenters. The number of ether oxygens (including phenoxy) is 1. The van der Waals surface area contributed by atoms with E-state index in [1.54, 1.807) is 0 Å². The maximum atomic E-state index is 14.2. The third kappa shape index (κ3) is 3.53. The second-order valence-corrected chi connectivity index (χ2v) is 5.76. The summed E-state index contributed by atoms with van der Waals surface area (Å²) in [5.41, 5.74) is 0.540. The number of phenolic OH excluding ortho intramolecular Hbond substituents is 1. The van der Waals surface area contributed by atoms with Crippen LogP contribution in [0.5, 0.6) is 11.5 Å². The molecule has 3 N–H and O–H groups in total. The van der Waals surface area contributed by atoms with Crippen LogP contribution >= 0.6 is 23.2 Å². The lowest BCUT2D eigenvalue weighted by Gasteiger charge is -2.12. The molecule has 0 aliphatic heterocycles. The Bertz CT molecular complexity index is 940. The maximum Gasteiger partial charge on any atom is 0.166 e. The van der Waals surface area contributed by atoms with Crippen molar-refractivity contribution in [2.45, 2.75) is 0 Å². The van der Waals surface area contributed by atoms with Crippen molar-refractivity contribution in [1.82, 2.24) is 9.97 Å². The highest BCUT2D eigenvalue weighted by molar-refractivity contribution is 6.42. The number of hydrogen-bond donors (Lipinski definition) is 3. The van der Waals surface area contributed by atoms with Gasteiger partial charge in [0.15, 0.2) is 17.3 Å². The lowest BCUT2D eigenvalue weighted by atomic mass is 10.2. The smallest absolute Gasteiger partial charge is 0.166 e. The van der Waals surface area contributed by atoms with Crippen molar-refractivity contribution in [3.05, 3.63) is 46.5 Å². The molecule has 0 spiro atoms. The van der Waals surface area contributed by atoms with Crippen LogP contribution in [0.2, 0.25) is 10.0 Å². The SMILES string of the molecule is OCCOc1cc2ncnc(Nc3ccc(Cl)c(Cl)c3F)c2cc1O. The number of aliphatic hydroxyl groups is 1. The van der Waals surface area contributed by atoms with E-state index in [-0.39, 0.29) is 46.3 Å². The highest BCUT2D eigenvalue weighted by atomic mass is 35.5. The third-order valence-electron chi connectivity index (χ3n) is 3.35. The predicted molar refractivity (Wildman–Crippen MR) is 93.5 cm³/mol. The molecule has 130 valence electrons. The number of aromatic nitrogens is 2. The fraction of sp³-hybridized carbons (Fsp3) is 0.125. The molecule has 3 aromatic rings. The highest BCUT2D eigenvalue weighted by Gasteiger charge is 2.14. The zero-order valence-corrected chi connectivity index (χ0v) is 14.1. The number of benzene rings is 2. The Morgan fingerprint density at radius 2 is 2.00 bits per heavy atom. The molecule has 1 aromatic heterocycles. The number of nitrogens with zero attached hydrogens (tertiary/aromatic N) is 2. The fourth-order valence-electron chi connectivity index (χ4n) is 2.19. The van der Waals surface area contributed by atoms with Gasteiger partial charge in [0, 0.05) is 11.5 Å². The Balaban J connectivity index is 2.03. The van der Waals surface area contributed by atoms with Gasteiger partial charge in [-0.1, -0.05) is 23.2 Å². The van der Waals surface area contributed by atoms with Crippen molar-refractivity contribution in [1.29, 1.82) is 0 Å². The lowest BCUT2D eigenvalue weighted by molar-refractivity contribution is 0.197. The summed E-state index contributed by atoms with van der Waals surface area (Å²) in [7, 11) is 0. The molecule has 0 radical (unpaired) electrons. The molecule has 6 nitrogen and oxygen atoms in total. The second kappa shape index (κ2) is 7.26. The zero-order chi connectivity index (χ0) is 18.0. The number of anilines is 2. The van der Waals surface area contributed by atoms with E-state index < -0.39 is 5.82 Å². The quantitative estimate of drug-likeness (QED) is 0.579. The van der Waals surface area contributed by atoms with E-state index in [1.165, 1.54) is 30.6 Å². The largest absolute Gasteiger partial charge is 0.504 e. The molecule has 9 heteroatoms. The number of phenols is 1. The topological polar surface area (TPSA) is 87.5 Å².